The van der Waals surface area contributed by atoms with Gasteiger partial charge in [-0.3, -0.25) is 4.68 Å². The summed E-state index contributed by atoms with van der Waals surface area (Å²) in [5, 5.41) is 7.39. The highest BCUT2D eigenvalue weighted by molar-refractivity contribution is 7.89. The Hall–Kier alpha value is -1.48. The quantitative estimate of drug-likeness (QED) is 0.886. The van der Waals surface area contributed by atoms with Crippen molar-refractivity contribution in [1.82, 2.24) is 19.4 Å². The molecule has 132 valence electrons. The van der Waals surface area contributed by atoms with Crippen molar-refractivity contribution in [3.05, 3.63) is 47.9 Å². The van der Waals surface area contributed by atoms with Gasteiger partial charge in [-0.05, 0) is 30.7 Å². The van der Waals surface area contributed by atoms with E-state index in [-0.39, 0.29) is 23.3 Å². The number of hydrogen-bond acceptors (Lipinski definition) is 4. The van der Waals surface area contributed by atoms with E-state index >= 15 is 0 Å². The fourth-order valence-electron chi connectivity index (χ4n) is 2.87. The first kappa shape index (κ1) is 18.9. The molecule has 1 unspecified atom stereocenters. The van der Waals surface area contributed by atoms with Crippen LogP contribution < -0.4 is 5.32 Å². The normalized spacial score (nSPS) is 19.0. The maximum atomic E-state index is 13.5. The first-order chi connectivity index (χ1) is 11.0. The minimum Gasteiger partial charge on any atom is -0.313 e. The number of aryl methyl sites for hydroxylation is 1. The number of nitrogens with zero attached hydrogens (tertiary/aromatic N) is 3. The minimum atomic E-state index is -3.70. The second kappa shape index (κ2) is 7.60. The first-order valence-electron chi connectivity index (χ1n) is 7.54. The number of benzene rings is 1. The Morgan fingerprint density at radius 2 is 2.17 bits per heavy atom. The van der Waals surface area contributed by atoms with Crippen LogP contribution in [0.4, 0.5) is 4.39 Å². The molecule has 3 rings (SSSR count). The molecule has 1 fully saturated rings. The Labute approximate surface area is 147 Å². The number of piperazine rings is 1. The van der Waals surface area contributed by atoms with Crippen LogP contribution in [0.3, 0.4) is 0 Å². The van der Waals surface area contributed by atoms with E-state index in [1.807, 2.05) is 6.92 Å². The molecule has 1 aromatic carbocycles. The van der Waals surface area contributed by atoms with Gasteiger partial charge in [0, 0.05) is 26.2 Å². The van der Waals surface area contributed by atoms with Crippen LogP contribution in [0.1, 0.15) is 18.5 Å². The Bertz CT molecular complexity index is 796. The molecule has 1 saturated heterocycles. The highest BCUT2D eigenvalue weighted by Gasteiger charge is 2.36. The van der Waals surface area contributed by atoms with Gasteiger partial charge in [-0.25, -0.2) is 12.8 Å². The first-order valence-corrected chi connectivity index (χ1v) is 8.98. The lowest BCUT2D eigenvalue weighted by Crippen LogP contribution is -2.49. The molecule has 0 amide bonds. The molecule has 2 heterocycles. The lowest BCUT2D eigenvalue weighted by atomic mass is 10.1. The van der Waals surface area contributed by atoms with E-state index in [0.29, 0.717) is 31.7 Å². The molecule has 9 heteroatoms. The summed E-state index contributed by atoms with van der Waals surface area (Å²) in [6.07, 6.45) is 1.48. The van der Waals surface area contributed by atoms with Gasteiger partial charge in [0.05, 0.1) is 12.2 Å². The summed E-state index contributed by atoms with van der Waals surface area (Å²) >= 11 is 0. The summed E-state index contributed by atoms with van der Waals surface area (Å²) in [4.78, 5) is 0. The second-order valence-electron chi connectivity index (χ2n) is 5.38. The molecule has 1 atom stereocenters. The molecule has 0 bridgehead atoms. The van der Waals surface area contributed by atoms with Crippen molar-refractivity contribution in [2.24, 2.45) is 0 Å². The largest absolute Gasteiger partial charge is 0.313 e. The summed E-state index contributed by atoms with van der Waals surface area (Å²) in [5.74, 6) is -0.371. The second-order valence-corrected chi connectivity index (χ2v) is 7.21. The van der Waals surface area contributed by atoms with Crippen LogP contribution in [-0.2, 0) is 16.6 Å². The Balaban J connectivity index is 0.00000208. The number of aromatic nitrogens is 2. The molecule has 0 radical (unpaired) electrons. The van der Waals surface area contributed by atoms with Crippen LogP contribution in [0.2, 0.25) is 0 Å². The molecule has 0 spiro atoms. The topological polar surface area (TPSA) is 67.2 Å². The van der Waals surface area contributed by atoms with Crippen LogP contribution >= 0.6 is 12.4 Å². The zero-order chi connectivity index (χ0) is 16.4. The minimum absolute atomic E-state index is 0. The summed E-state index contributed by atoms with van der Waals surface area (Å²) in [6.45, 7) is 3.65. The number of halogens is 2. The van der Waals surface area contributed by atoms with Gasteiger partial charge in [0.25, 0.3) is 10.0 Å². The van der Waals surface area contributed by atoms with E-state index < -0.39 is 16.1 Å². The van der Waals surface area contributed by atoms with Crippen LogP contribution in [0, 0.1) is 5.82 Å². The Morgan fingerprint density at radius 1 is 1.38 bits per heavy atom. The zero-order valence-corrected chi connectivity index (χ0v) is 14.9. The van der Waals surface area contributed by atoms with Crippen molar-refractivity contribution in [2.75, 3.05) is 19.6 Å². The number of sulfonamides is 1. The predicted molar refractivity (Wildman–Crippen MR) is 91.1 cm³/mol. The van der Waals surface area contributed by atoms with Gasteiger partial charge < -0.3 is 5.32 Å². The molecule has 24 heavy (non-hydrogen) atoms. The molecule has 0 saturated carbocycles. The smallest absolute Gasteiger partial charge is 0.260 e. The number of hydrogen-bond donors (Lipinski definition) is 1. The monoisotopic (exact) mass is 374 g/mol. The third kappa shape index (κ3) is 3.46. The summed E-state index contributed by atoms with van der Waals surface area (Å²) in [6, 6.07) is 7.15. The Kier molecular flexibility index (Phi) is 5.97. The van der Waals surface area contributed by atoms with Crippen LogP contribution in [-0.4, -0.2) is 42.1 Å². The van der Waals surface area contributed by atoms with Gasteiger partial charge in [-0.1, -0.05) is 12.1 Å². The molecule has 1 N–H and O–H groups in total. The average molecular weight is 375 g/mol. The van der Waals surface area contributed by atoms with Crippen molar-refractivity contribution >= 4 is 22.4 Å². The SMILES string of the molecule is CCn1nccc1S(=O)(=O)N1CCNCC1c1cccc(F)c1.Cl. The fraction of sp³-hybridized carbons (Fsp3) is 0.400. The van der Waals surface area contributed by atoms with Crippen molar-refractivity contribution in [1.29, 1.82) is 0 Å². The van der Waals surface area contributed by atoms with E-state index in [1.54, 1.807) is 12.1 Å². The van der Waals surface area contributed by atoms with E-state index in [1.165, 1.54) is 33.4 Å². The molecule has 1 aromatic heterocycles. The third-order valence-corrected chi connectivity index (χ3v) is 5.91. The van der Waals surface area contributed by atoms with E-state index in [0.717, 1.165) is 0 Å². The standard InChI is InChI=1S/C15H19FN4O2S.ClH/c1-2-19-15(6-7-18-19)23(21,22)20-9-8-17-11-14(20)12-4-3-5-13(16)10-12;/h3-7,10,14,17H,2,8-9,11H2,1H3;1H. The average Bonchev–Trinajstić information content (AvgIpc) is 3.04. The van der Waals surface area contributed by atoms with Gasteiger partial charge in [-0.15, -0.1) is 12.4 Å². The number of rotatable bonds is 4. The van der Waals surface area contributed by atoms with Crippen LogP contribution in [0.25, 0.3) is 0 Å². The van der Waals surface area contributed by atoms with Crippen molar-refractivity contribution in [3.63, 3.8) is 0 Å². The van der Waals surface area contributed by atoms with Crippen molar-refractivity contribution < 1.29 is 12.8 Å². The summed E-state index contributed by atoms with van der Waals surface area (Å²) < 4.78 is 42.5. The lowest BCUT2D eigenvalue weighted by molar-refractivity contribution is 0.269. The molecule has 2 aromatic rings. The third-order valence-electron chi connectivity index (χ3n) is 3.98. The van der Waals surface area contributed by atoms with E-state index in [9.17, 15) is 12.8 Å². The molecule has 0 aliphatic carbocycles. The maximum Gasteiger partial charge on any atom is 0.260 e. The van der Waals surface area contributed by atoms with E-state index in [2.05, 4.69) is 10.4 Å². The van der Waals surface area contributed by atoms with E-state index in [4.69, 9.17) is 0 Å². The lowest BCUT2D eigenvalue weighted by Gasteiger charge is -2.35. The Morgan fingerprint density at radius 3 is 2.88 bits per heavy atom. The molecular formula is C15H20ClFN4O2S. The highest BCUT2D eigenvalue weighted by atomic mass is 35.5. The molecule has 1 aliphatic rings. The van der Waals surface area contributed by atoms with Gasteiger partial charge in [-0.2, -0.15) is 9.40 Å². The van der Waals surface area contributed by atoms with Gasteiger partial charge in [0.1, 0.15) is 5.82 Å². The van der Waals surface area contributed by atoms with Gasteiger partial charge >= 0.3 is 0 Å². The number of nitrogens with one attached hydrogen (secondary N) is 1. The summed E-state index contributed by atoms with van der Waals surface area (Å²) in [5.41, 5.74) is 0.642. The van der Waals surface area contributed by atoms with Crippen LogP contribution in [0.15, 0.2) is 41.6 Å². The van der Waals surface area contributed by atoms with Gasteiger partial charge in [0.15, 0.2) is 5.03 Å². The van der Waals surface area contributed by atoms with Crippen LogP contribution in [0.5, 0.6) is 0 Å². The molecule has 6 nitrogen and oxygen atoms in total. The maximum absolute atomic E-state index is 13.5. The fourth-order valence-corrected chi connectivity index (χ4v) is 4.65. The molecule has 1 aliphatic heterocycles. The highest BCUT2D eigenvalue weighted by Crippen LogP contribution is 2.29. The summed E-state index contributed by atoms with van der Waals surface area (Å²) in [7, 11) is -3.70. The zero-order valence-electron chi connectivity index (χ0n) is 13.2. The van der Waals surface area contributed by atoms with Crippen molar-refractivity contribution in [3.8, 4) is 0 Å². The predicted octanol–water partition coefficient (Wildman–Crippen LogP) is 1.80. The molecular weight excluding hydrogens is 355 g/mol. The van der Waals surface area contributed by atoms with Gasteiger partial charge in [0.2, 0.25) is 0 Å². The van der Waals surface area contributed by atoms with Crippen molar-refractivity contribution in [2.45, 2.75) is 24.5 Å².